The van der Waals surface area contributed by atoms with Crippen LogP contribution in [0.25, 0.3) is 0 Å². The van der Waals surface area contributed by atoms with E-state index in [2.05, 4.69) is 5.32 Å². The normalized spacial score (nSPS) is 16.2. The van der Waals surface area contributed by atoms with Crippen molar-refractivity contribution in [2.45, 2.75) is 26.4 Å². The van der Waals surface area contributed by atoms with Gasteiger partial charge in [0.05, 0.1) is 6.42 Å². The summed E-state index contributed by atoms with van der Waals surface area (Å²) in [5.41, 5.74) is 3.17. The van der Waals surface area contributed by atoms with Crippen molar-refractivity contribution in [3.8, 4) is 11.5 Å². The third-order valence-corrected chi connectivity index (χ3v) is 3.77. The Labute approximate surface area is 130 Å². The second-order valence-corrected chi connectivity index (χ2v) is 5.55. The van der Waals surface area contributed by atoms with E-state index in [0.717, 1.165) is 17.0 Å². The van der Waals surface area contributed by atoms with Crippen molar-refractivity contribution in [3.63, 3.8) is 0 Å². The lowest BCUT2D eigenvalue weighted by molar-refractivity contribution is -0.118. The summed E-state index contributed by atoms with van der Waals surface area (Å²) in [6, 6.07) is 13.4. The van der Waals surface area contributed by atoms with Gasteiger partial charge in [-0.2, -0.15) is 0 Å². The zero-order valence-corrected chi connectivity index (χ0v) is 12.8. The third kappa shape index (κ3) is 3.22. The summed E-state index contributed by atoms with van der Waals surface area (Å²) in [6.07, 6.45) is 0.00259. The van der Waals surface area contributed by atoms with Crippen LogP contribution in [0.5, 0.6) is 11.5 Å². The molecule has 2 aromatic carbocycles. The van der Waals surface area contributed by atoms with Gasteiger partial charge in [-0.15, -0.1) is 0 Å². The number of carbonyl (C=O) groups excluding carboxylic acids is 1. The average Bonchev–Trinajstić information content (AvgIpc) is 2.51. The Balaban J connectivity index is 1.59. The lowest BCUT2D eigenvalue weighted by Gasteiger charge is -2.26. The van der Waals surface area contributed by atoms with Gasteiger partial charge in [-0.3, -0.25) is 4.79 Å². The number of amides is 1. The number of rotatable bonds is 3. The summed E-state index contributed by atoms with van der Waals surface area (Å²) in [5.74, 6) is 1.35. The van der Waals surface area contributed by atoms with E-state index in [1.807, 2.05) is 56.3 Å². The standard InChI is InChI=1S/C18H19NO3/c1-12-7-8-14(9-13(12)2)19-18(20)10-15-11-21-16-5-3-4-6-17(16)22-15/h3-9,15H,10-11H2,1-2H3,(H,19,20)/t15-/m1/s1. The first-order valence-electron chi connectivity index (χ1n) is 7.37. The second-order valence-electron chi connectivity index (χ2n) is 5.55. The van der Waals surface area contributed by atoms with Crippen LogP contribution in [-0.4, -0.2) is 18.6 Å². The molecule has 1 N–H and O–H groups in total. The smallest absolute Gasteiger partial charge is 0.228 e. The van der Waals surface area contributed by atoms with Crippen molar-refractivity contribution in [2.24, 2.45) is 0 Å². The van der Waals surface area contributed by atoms with Crippen LogP contribution in [0.2, 0.25) is 0 Å². The molecule has 1 heterocycles. The Morgan fingerprint density at radius 3 is 2.68 bits per heavy atom. The molecule has 0 aromatic heterocycles. The van der Waals surface area contributed by atoms with Crippen LogP contribution in [0.15, 0.2) is 42.5 Å². The molecule has 1 aliphatic heterocycles. The van der Waals surface area contributed by atoms with Gasteiger partial charge in [-0.25, -0.2) is 0 Å². The zero-order chi connectivity index (χ0) is 15.5. The largest absolute Gasteiger partial charge is 0.486 e. The molecule has 0 spiro atoms. The summed E-state index contributed by atoms with van der Waals surface area (Å²) in [5, 5.41) is 2.91. The van der Waals surface area contributed by atoms with Crippen LogP contribution >= 0.6 is 0 Å². The molecule has 3 rings (SSSR count). The number of ether oxygens (including phenoxy) is 2. The van der Waals surface area contributed by atoms with Crippen molar-refractivity contribution in [3.05, 3.63) is 53.6 Å². The molecule has 4 nitrogen and oxygen atoms in total. The highest BCUT2D eigenvalue weighted by Gasteiger charge is 2.23. The van der Waals surface area contributed by atoms with E-state index in [1.54, 1.807) is 0 Å². The van der Waals surface area contributed by atoms with Gasteiger partial charge in [-0.1, -0.05) is 18.2 Å². The van der Waals surface area contributed by atoms with Crippen LogP contribution in [0, 0.1) is 13.8 Å². The first-order chi connectivity index (χ1) is 10.6. The molecule has 114 valence electrons. The molecule has 1 aliphatic rings. The maximum absolute atomic E-state index is 12.1. The minimum Gasteiger partial charge on any atom is -0.486 e. The molecule has 0 fully saturated rings. The molecule has 2 aromatic rings. The Bertz CT molecular complexity index is 696. The maximum Gasteiger partial charge on any atom is 0.228 e. The number of fused-ring (bicyclic) bond motifs is 1. The summed E-state index contributed by atoms with van der Waals surface area (Å²) in [7, 11) is 0. The summed E-state index contributed by atoms with van der Waals surface area (Å²) >= 11 is 0. The Morgan fingerprint density at radius 1 is 1.14 bits per heavy atom. The molecule has 0 aliphatic carbocycles. The van der Waals surface area contributed by atoms with E-state index in [4.69, 9.17) is 9.47 Å². The van der Waals surface area contributed by atoms with Crippen molar-refractivity contribution >= 4 is 11.6 Å². The second kappa shape index (κ2) is 6.10. The molecule has 1 atom stereocenters. The maximum atomic E-state index is 12.1. The quantitative estimate of drug-likeness (QED) is 0.943. The minimum absolute atomic E-state index is 0.0729. The number of benzene rings is 2. The molecule has 0 unspecified atom stereocenters. The van der Waals surface area contributed by atoms with Gasteiger partial charge in [0.25, 0.3) is 0 Å². The summed E-state index contributed by atoms with van der Waals surface area (Å²) in [4.78, 5) is 12.1. The number of aryl methyl sites for hydroxylation is 2. The predicted molar refractivity (Wildman–Crippen MR) is 85.5 cm³/mol. The average molecular weight is 297 g/mol. The fraction of sp³-hybridized carbons (Fsp3) is 0.278. The number of para-hydroxylation sites is 2. The molecule has 22 heavy (non-hydrogen) atoms. The van der Waals surface area contributed by atoms with Crippen LogP contribution in [0.4, 0.5) is 5.69 Å². The van der Waals surface area contributed by atoms with Gasteiger partial charge in [0, 0.05) is 5.69 Å². The molecule has 0 radical (unpaired) electrons. The van der Waals surface area contributed by atoms with Crippen LogP contribution in [-0.2, 0) is 4.79 Å². The van der Waals surface area contributed by atoms with Gasteiger partial charge < -0.3 is 14.8 Å². The molecule has 0 bridgehead atoms. The van der Waals surface area contributed by atoms with E-state index in [1.165, 1.54) is 5.56 Å². The highest BCUT2D eigenvalue weighted by molar-refractivity contribution is 5.91. The lowest BCUT2D eigenvalue weighted by atomic mass is 10.1. The topological polar surface area (TPSA) is 47.6 Å². The van der Waals surface area contributed by atoms with E-state index in [-0.39, 0.29) is 18.4 Å². The van der Waals surface area contributed by atoms with Crippen molar-refractivity contribution in [1.29, 1.82) is 0 Å². The zero-order valence-electron chi connectivity index (χ0n) is 12.8. The van der Waals surface area contributed by atoms with Gasteiger partial charge in [0.15, 0.2) is 11.5 Å². The highest BCUT2D eigenvalue weighted by atomic mass is 16.6. The van der Waals surface area contributed by atoms with E-state index in [0.29, 0.717) is 12.4 Å². The monoisotopic (exact) mass is 297 g/mol. The Kier molecular flexibility index (Phi) is 4.00. The van der Waals surface area contributed by atoms with E-state index < -0.39 is 0 Å². The number of anilines is 1. The van der Waals surface area contributed by atoms with Crippen LogP contribution < -0.4 is 14.8 Å². The highest BCUT2D eigenvalue weighted by Crippen LogP contribution is 2.31. The first kappa shape index (κ1) is 14.4. The van der Waals surface area contributed by atoms with E-state index in [9.17, 15) is 4.79 Å². The molecule has 0 saturated heterocycles. The van der Waals surface area contributed by atoms with Gasteiger partial charge in [0.2, 0.25) is 5.91 Å². The Hall–Kier alpha value is -2.49. The van der Waals surface area contributed by atoms with Gasteiger partial charge in [-0.05, 0) is 49.2 Å². The minimum atomic E-state index is -0.263. The number of hydrogen-bond acceptors (Lipinski definition) is 3. The first-order valence-corrected chi connectivity index (χ1v) is 7.37. The van der Waals surface area contributed by atoms with Gasteiger partial charge >= 0.3 is 0 Å². The SMILES string of the molecule is Cc1ccc(NC(=O)C[C@@H]2COc3ccccc3O2)cc1C. The van der Waals surface area contributed by atoms with Gasteiger partial charge in [0.1, 0.15) is 12.7 Å². The summed E-state index contributed by atoms with van der Waals surface area (Å²) < 4.78 is 11.4. The lowest BCUT2D eigenvalue weighted by Crippen LogP contribution is -2.33. The number of carbonyl (C=O) groups is 1. The van der Waals surface area contributed by atoms with Crippen molar-refractivity contribution < 1.29 is 14.3 Å². The summed E-state index contributed by atoms with van der Waals surface area (Å²) in [6.45, 7) is 4.46. The van der Waals surface area contributed by atoms with Crippen LogP contribution in [0.1, 0.15) is 17.5 Å². The molecule has 4 heteroatoms. The third-order valence-electron chi connectivity index (χ3n) is 3.77. The van der Waals surface area contributed by atoms with Crippen LogP contribution in [0.3, 0.4) is 0 Å². The van der Waals surface area contributed by atoms with Crippen molar-refractivity contribution in [2.75, 3.05) is 11.9 Å². The number of nitrogens with one attached hydrogen (secondary N) is 1. The predicted octanol–water partition coefficient (Wildman–Crippen LogP) is 3.47. The van der Waals surface area contributed by atoms with Crippen molar-refractivity contribution in [1.82, 2.24) is 0 Å². The molecule has 1 amide bonds. The van der Waals surface area contributed by atoms with E-state index >= 15 is 0 Å². The Morgan fingerprint density at radius 2 is 1.91 bits per heavy atom. The molecular formula is C18H19NO3. The molecular weight excluding hydrogens is 278 g/mol. The fourth-order valence-electron chi connectivity index (χ4n) is 2.40. The number of hydrogen-bond donors (Lipinski definition) is 1. The fourth-order valence-corrected chi connectivity index (χ4v) is 2.40. The molecule has 0 saturated carbocycles.